The normalized spacial score (nSPS) is 11.6. The lowest BCUT2D eigenvalue weighted by Crippen LogP contribution is -2.34. The third-order valence-corrected chi connectivity index (χ3v) is 3.21. The predicted octanol–water partition coefficient (Wildman–Crippen LogP) is 2.49. The highest BCUT2D eigenvalue weighted by atomic mass is 32.1. The number of alkyl halides is 3. The van der Waals surface area contributed by atoms with Gasteiger partial charge in [-0.3, -0.25) is 4.79 Å². The lowest BCUT2D eigenvalue weighted by molar-refractivity contribution is -0.119. The maximum atomic E-state index is 12.4. The van der Waals surface area contributed by atoms with E-state index in [-0.39, 0.29) is 18.3 Å². The van der Waals surface area contributed by atoms with Gasteiger partial charge in [-0.05, 0) is 6.92 Å². The van der Waals surface area contributed by atoms with Crippen LogP contribution in [0.1, 0.15) is 22.3 Å². The number of hydrogen-bond donors (Lipinski definition) is 0. The van der Waals surface area contributed by atoms with Gasteiger partial charge in [0.15, 0.2) is 11.4 Å². The van der Waals surface area contributed by atoms with E-state index < -0.39 is 12.7 Å². The molecule has 0 fully saturated rings. The number of carbonyl (C=O) groups excluding carboxylic acids is 1. The third kappa shape index (κ3) is 3.95. The van der Waals surface area contributed by atoms with Crippen LogP contribution in [-0.4, -0.2) is 37.6 Å². The number of anilines is 1. The molecule has 1 rings (SSSR count). The van der Waals surface area contributed by atoms with Crippen molar-refractivity contribution in [3.05, 3.63) is 10.6 Å². The van der Waals surface area contributed by atoms with E-state index in [9.17, 15) is 18.0 Å². The maximum Gasteiger partial charge on any atom is 0.406 e. The molecule has 0 N–H and O–H groups in total. The van der Waals surface area contributed by atoms with Crippen molar-refractivity contribution in [3.8, 4) is 0 Å². The molecule has 0 unspecified atom stereocenters. The molecule has 0 bridgehead atoms. The van der Waals surface area contributed by atoms with Crippen LogP contribution in [0.3, 0.4) is 0 Å². The van der Waals surface area contributed by atoms with E-state index >= 15 is 0 Å². The summed E-state index contributed by atoms with van der Waals surface area (Å²) in [6.45, 7) is 0.789. The number of nitrogens with zero attached hydrogens (tertiary/aromatic N) is 2. The van der Waals surface area contributed by atoms with Crippen LogP contribution in [0.2, 0.25) is 0 Å². The minimum Gasteiger partial charge on any atom is -0.378 e. The average Bonchev–Trinajstić information content (AvgIpc) is 2.68. The molecule has 0 aliphatic heterocycles. The Bertz CT molecular complexity index is 406. The summed E-state index contributed by atoms with van der Waals surface area (Å²) in [6.07, 6.45) is -3.72. The van der Waals surface area contributed by atoms with Crippen molar-refractivity contribution in [2.45, 2.75) is 19.7 Å². The van der Waals surface area contributed by atoms with Crippen molar-refractivity contribution in [1.82, 2.24) is 4.98 Å². The Morgan fingerprint density at radius 2 is 2.17 bits per heavy atom. The SMILES string of the molecule is CCN(CC(F)(F)F)c1nc(COC)c(C=O)s1. The molecule has 0 saturated heterocycles. The Hall–Kier alpha value is -1.15. The van der Waals surface area contributed by atoms with E-state index in [0.29, 0.717) is 16.9 Å². The molecule has 0 spiro atoms. The summed E-state index contributed by atoms with van der Waals surface area (Å²) in [7, 11) is 1.43. The Labute approximate surface area is 106 Å². The number of methoxy groups -OCH3 is 1. The Morgan fingerprint density at radius 3 is 2.61 bits per heavy atom. The molecule has 102 valence electrons. The molecule has 1 heterocycles. The molecule has 0 aliphatic rings. The van der Waals surface area contributed by atoms with Gasteiger partial charge in [-0.25, -0.2) is 4.98 Å². The highest BCUT2D eigenvalue weighted by Gasteiger charge is 2.31. The fourth-order valence-electron chi connectivity index (χ4n) is 1.35. The number of halogens is 3. The van der Waals surface area contributed by atoms with Gasteiger partial charge in [0.05, 0.1) is 17.2 Å². The monoisotopic (exact) mass is 282 g/mol. The first-order valence-corrected chi connectivity index (χ1v) is 5.98. The third-order valence-electron chi connectivity index (χ3n) is 2.13. The highest BCUT2D eigenvalue weighted by molar-refractivity contribution is 7.17. The summed E-state index contributed by atoms with van der Waals surface area (Å²) in [6, 6.07) is 0. The van der Waals surface area contributed by atoms with Gasteiger partial charge in [-0.2, -0.15) is 13.2 Å². The van der Waals surface area contributed by atoms with Gasteiger partial charge >= 0.3 is 6.18 Å². The molecule has 1 aromatic rings. The summed E-state index contributed by atoms with van der Waals surface area (Å²) in [4.78, 5) is 16.2. The highest BCUT2D eigenvalue weighted by Crippen LogP contribution is 2.28. The van der Waals surface area contributed by atoms with Crippen LogP contribution in [0.15, 0.2) is 0 Å². The van der Waals surface area contributed by atoms with Crippen LogP contribution in [-0.2, 0) is 11.3 Å². The molecule has 8 heteroatoms. The second kappa shape index (κ2) is 6.14. The average molecular weight is 282 g/mol. The van der Waals surface area contributed by atoms with Crippen molar-refractivity contribution < 1.29 is 22.7 Å². The number of aldehydes is 1. The maximum absolute atomic E-state index is 12.4. The number of carbonyl (C=O) groups is 1. The van der Waals surface area contributed by atoms with Gasteiger partial charge in [-0.15, -0.1) is 0 Å². The summed E-state index contributed by atoms with van der Waals surface area (Å²) < 4.78 is 41.9. The van der Waals surface area contributed by atoms with E-state index in [4.69, 9.17) is 4.74 Å². The number of rotatable bonds is 6. The topological polar surface area (TPSA) is 42.4 Å². The van der Waals surface area contributed by atoms with E-state index in [1.54, 1.807) is 6.92 Å². The smallest absolute Gasteiger partial charge is 0.378 e. The van der Waals surface area contributed by atoms with Gasteiger partial charge in [0, 0.05) is 13.7 Å². The zero-order valence-corrected chi connectivity index (χ0v) is 10.8. The fraction of sp³-hybridized carbons (Fsp3) is 0.600. The minimum absolute atomic E-state index is 0.105. The molecule has 4 nitrogen and oxygen atoms in total. The first kappa shape index (κ1) is 14.9. The molecule has 0 aromatic carbocycles. The lowest BCUT2D eigenvalue weighted by Gasteiger charge is -2.21. The summed E-state index contributed by atoms with van der Waals surface area (Å²) in [5.41, 5.74) is 0.369. The number of ether oxygens (including phenoxy) is 1. The second-order valence-corrected chi connectivity index (χ2v) is 4.50. The minimum atomic E-state index is -4.30. The molecule has 0 atom stereocenters. The van der Waals surface area contributed by atoms with Gasteiger partial charge in [0.25, 0.3) is 0 Å². The van der Waals surface area contributed by atoms with E-state index in [1.807, 2.05) is 0 Å². The van der Waals surface area contributed by atoms with Crippen molar-refractivity contribution in [2.75, 3.05) is 25.1 Å². The van der Waals surface area contributed by atoms with Crippen LogP contribution >= 0.6 is 11.3 Å². The Balaban J connectivity index is 2.96. The van der Waals surface area contributed by atoms with Gasteiger partial charge in [0.1, 0.15) is 6.54 Å². The van der Waals surface area contributed by atoms with Crippen molar-refractivity contribution in [3.63, 3.8) is 0 Å². The predicted molar refractivity (Wildman–Crippen MR) is 62.2 cm³/mol. The van der Waals surface area contributed by atoms with Crippen molar-refractivity contribution in [1.29, 1.82) is 0 Å². The second-order valence-electron chi connectivity index (χ2n) is 3.49. The zero-order valence-electron chi connectivity index (χ0n) is 9.95. The Kier molecular flexibility index (Phi) is 5.09. The lowest BCUT2D eigenvalue weighted by atomic mass is 10.4. The van der Waals surface area contributed by atoms with Gasteiger partial charge in [0.2, 0.25) is 0 Å². The molecular formula is C10H13F3N2O2S. The number of hydrogen-bond acceptors (Lipinski definition) is 5. The Morgan fingerprint density at radius 1 is 1.50 bits per heavy atom. The van der Waals surface area contributed by atoms with Crippen LogP contribution < -0.4 is 4.90 Å². The van der Waals surface area contributed by atoms with Gasteiger partial charge < -0.3 is 9.64 Å². The van der Waals surface area contributed by atoms with Gasteiger partial charge in [-0.1, -0.05) is 11.3 Å². The molecule has 0 saturated carbocycles. The molecule has 0 aliphatic carbocycles. The summed E-state index contributed by atoms with van der Waals surface area (Å²) in [5.74, 6) is 0. The molecule has 0 radical (unpaired) electrons. The van der Waals surface area contributed by atoms with Crippen LogP contribution in [0, 0.1) is 0 Å². The molecule has 18 heavy (non-hydrogen) atoms. The molecular weight excluding hydrogens is 269 g/mol. The summed E-state index contributed by atoms with van der Waals surface area (Å²) in [5, 5.41) is 0.184. The van der Waals surface area contributed by atoms with Crippen molar-refractivity contribution >= 4 is 22.8 Å². The molecule has 0 amide bonds. The van der Waals surface area contributed by atoms with Crippen LogP contribution in [0.5, 0.6) is 0 Å². The fourth-order valence-corrected chi connectivity index (χ4v) is 2.29. The van der Waals surface area contributed by atoms with Crippen LogP contribution in [0.25, 0.3) is 0 Å². The largest absolute Gasteiger partial charge is 0.406 e. The van der Waals surface area contributed by atoms with E-state index in [0.717, 1.165) is 16.2 Å². The molecule has 1 aromatic heterocycles. The number of aromatic nitrogens is 1. The van der Waals surface area contributed by atoms with E-state index in [2.05, 4.69) is 4.98 Å². The standard InChI is InChI=1S/C10H13F3N2O2S/c1-3-15(6-10(11,12)13)9-14-7(5-17-2)8(4-16)18-9/h4H,3,5-6H2,1-2H3. The van der Waals surface area contributed by atoms with Crippen molar-refractivity contribution in [2.24, 2.45) is 0 Å². The summed E-state index contributed by atoms with van der Waals surface area (Å²) >= 11 is 0.940. The number of thiazole rings is 1. The quantitative estimate of drug-likeness (QED) is 0.752. The first-order chi connectivity index (χ1) is 8.41. The first-order valence-electron chi connectivity index (χ1n) is 5.16. The van der Waals surface area contributed by atoms with Crippen LogP contribution in [0.4, 0.5) is 18.3 Å². The zero-order chi connectivity index (χ0) is 13.8. The van der Waals surface area contributed by atoms with E-state index in [1.165, 1.54) is 7.11 Å².